The minimum atomic E-state index is -1.09. The summed E-state index contributed by atoms with van der Waals surface area (Å²) in [5.41, 5.74) is 0.746. The molecule has 0 aromatic heterocycles. The highest BCUT2D eigenvalue weighted by atomic mass is 16.6. The Balaban J connectivity index is 2.51. The van der Waals surface area contributed by atoms with Gasteiger partial charge in [-0.25, -0.2) is 4.79 Å². The Morgan fingerprint density at radius 3 is 2.50 bits per heavy atom. The maximum absolute atomic E-state index is 11.5. The van der Waals surface area contributed by atoms with Crippen molar-refractivity contribution in [1.29, 1.82) is 0 Å². The van der Waals surface area contributed by atoms with Crippen LogP contribution in [0.4, 0.5) is 4.79 Å². The Bertz CT molecular complexity index is 565. The van der Waals surface area contributed by atoms with Crippen molar-refractivity contribution < 1.29 is 24.5 Å². The second-order valence-electron chi connectivity index (χ2n) is 6.85. The van der Waals surface area contributed by atoms with Crippen molar-refractivity contribution in [2.24, 2.45) is 0 Å². The third-order valence-corrected chi connectivity index (χ3v) is 3.22. The summed E-state index contributed by atoms with van der Waals surface area (Å²) in [6.45, 7) is 6.97. The predicted molar refractivity (Wildman–Crippen MR) is 90.6 cm³/mol. The lowest BCUT2D eigenvalue weighted by Crippen LogP contribution is -2.34. The Labute approximate surface area is 142 Å². The lowest BCUT2D eigenvalue weighted by Gasteiger charge is -2.21. The Hall–Kier alpha value is -1.92. The van der Waals surface area contributed by atoms with E-state index in [1.54, 1.807) is 45.0 Å². The fourth-order valence-corrected chi connectivity index (χ4v) is 2.19. The zero-order valence-corrected chi connectivity index (χ0v) is 14.7. The van der Waals surface area contributed by atoms with Gasteiger partial charge in [-0.1, -0.05) is 24.3 Å². The van der Waals surface area contributed by atoms with E-state index in [1.165, 1.54) is 6.92 Å². The zero-order chi connectivity index (χ0) is 18.3. The van der Waals surface area contributed by atoms with Crippen molar-refractivity contribution in [3.63, 3.8) is 0 Å². The van der Waals surface area contributed by atoms with Gasteiger partial charge in [-0.05, 0) is 45.2 Å². The van der Waals surface area contributed by atoms with Crippen molar-refractivity contribution in [3.05, 3.63) is 35.4 Å². The van der Waals surface area contributed by atoms with Crippen LogP contribution in [0.1, 0.15) is 51.3 Å². The molecule has 134 valence electrons. The summed E-state index contributed by atoms with van der Waals surface area (Å²) in [5.74, 6) is 0.0312. The Morgan fingerprint density at radius 2 is 1.92 bits per heavy atom. The molecule has 1 rings (SSSR count). The van der Waals surface area contributed by atoms with Gasteiger partial charge in [0.2, 0.25) is 0 Å². The molecule has 1 aromatic rings. The average molecular weight is 337 g/mol. The van der Waals surface area contributed by atoms with Gasteiger partial charge in [0.05, 0.1) is 6.10 Å². The first kappa shape index (κ1) is 20.1. The number of alkyl carbamates (subject to hydrolysis) is 1. The number of carbonyl (C=O) groups is 2. The second-order valence-corrected chi connectivity index (χ2v) is 6.85. The molecule has 0 fully saturated rings. The molecule has 6 nitrogen and oxygen atoms in total. The number of hydrogen-bond donors (Lipinski definition) is 3. The van der Waals surface area contributed by atoms with E-state index in [9.17, 15) is 19.8 Å². The number of carbonyl (C=O) groups excluding carboxylic acids is 2. The largest absolute Gasteiger partial charge is 0.444 e. The first-order valence-electron chi connectivity index (χ1n) is 8.00. The molecule has 0 aliphatic rings. The van der Waals surface area contributed by atoms with Crippen LogP contribution in [0.5, 0.6) is 0 Å². The molecular formula is C18H27NO5. The topological polar surface area (TPSA) is 95.9 Å². The summed E-state index contributed by atoms with van der Waals surface area (Å²) in [7, 11) is 0. The number of ketones is 1. The van der Waals surface area contributed by atoms with Gasteiger partial charge in [-0.3, -0.25) is 4.79 Å². The number of nitrogens with one attached hydrogen (secondary N) is 1. The number of hydrogen-bond acceptors (Lipinski definition) is 5. The smallest absolute Gasteiger partial charge is 0.407 e. The van der Waals surface area contributed by atoms with Crippen LogP contribution in [0.25, 0.3) is 0 Å². The number of amides is 1. The van der Waals surface area contributed by atoms with Gasteiger partial charge in [0, 0.05) is 13.0 Å². The predicted octanol–water partition coefficient (Wildman–Crippen LogP) is 2.13. The lowest BCUT2D eigenvalue weighted by molar-refractivity contribution is -0.116. The number of aliphatic hydroxyl groups is 2. The molecule has 3 N–H and O–H groups in total. The van der Waals surface area contributed by atoms with Crippen LogP contribution in [-0.4, -0.2) is 40.3 Å². The number of benzene rings is 1. The minimum Gasteiger partial charge on any atom is -0.444 e. The summed E-state index contributed by atoms with van der Waals surface area (Å²) < 4.78 is 5.09. The molecule has 1 aromatic carbocycles. The molecule has 1 amide bonds. The summed E-state index contributed by atoms with van der Waals surface area (Å²) in [6.07, 6.45) is -2.22. The van der Waals surface area contributed by atoms with E-state index in [0.29, 0.717) is 5.56 Å². The first-order chi connectivity index (χ1) is 11.1. The zero-order valence-electron chi connectivity index (χ0n) is 14.7. The maximum Gasteiger partial charge on any atom is 0.407 e. The van der Waals surface area contributed by atoms with Crippen molar-refractivity contribution in [1.82, 2.24) is 5.32 Å². The van der Waals surface area contributed by atoms with E-state index in [2.05, 4.69) is 5.32 Å². The van der Waals surface area contributed by atoms with Crippen LogP contribution in [-0.2, 0) is 16.0 Å². The van der Waals surface area contributed by atoms with Gasteiger partial charge >= 0.3 is 6.09 Å². The van der Waals surface area contributed by atoms with Crippen molar-refractivity contribution in [2.75, 3.05) is 6.54 Å². The molecule has 24 heavy (non-hydrogen) atoms. The number of Topliss-reactive ketones (excluding diaryl/α,β-unsaturated/α-hetero) is 1. The molecular weight excluding hydrogens is 310 g/mol. The Morgan fingerprint density at radius 1 is 1.25 bits per heavy atom. The van der Waals surface area contributed by atoms with Crippen LogP contribution < -0.4 is 5.32 Å². The van der Waals surface area contributed by atoms with Gasteiger partial charge in [-0.2, -0.15) is 0 Å². The Kier molecular flexibility index (Phi) is 7.38. The molecule has 6 heteroatoms. The van der Waals surface area contributed by atoms with E-state index < -0.39 is 23.9 Å². The molecule has 0 radical (unpaired) electrons. The van der Waals surface area contributed by atoms with Crippen molar-refractivity contribution >= 4 is 11.9 Å². The number of aliphatic hydroxyl groups excluding tert-OH is 2. The molecule has 0 bridgehead atoms. The SMILES string of the molecule is CC(=O)Cc1cccc(C(O)C(O)CCNC(=O)OC(C)(C)C)c1. The van der Waals surface area contributed by atoms with E-state index >= 15 is 0 Å². The van der Waals surface area contributed by atoms with E-state index in [1.807, 2.05) is 0 Å². The molecule has 0 aliphatic carbocycles. The standard InChI is InChI=1S/C18H27NO5/c1-12(20)10-13-6-5-7-14(11-13)16(22)15(21)8-9-19-17(23)24-18(2,3)4/h5-7,11,15-16,21-22H,8-10H2,1-4H3,(H,19,23). The third-order valence-electron chi connectivity index (χ3n) is 3.22. The minimum absolute atomic E-state index is 0.0312. The van der Waals surface area contributed by atoms with Gasteiger partial charge in [0.25, 0.3) is 0 Å². The van der Waals surface area contributed by atoms with E-state index in [0.717, 1.165) is 5.56 Å². The van der Waals surface area contributed by atoms with Crippen molar-refractivity contribution in [2.45, 2.75) is 58.3 Å². The normalized spacial score (nSPS) is 13.9. The summed E-state index contributed by atoms with van der Waals surface area (Å²) in [5, 5.41) is 22.8. The highest BCUT2D eigenvalue weighted by molar-refractivity contribution is 5.78. The third kappa shape index (κ3) is 7.57. The number of ether oxygens (including phenoxy) is 1. The second kappa shape index (κ2) is 8.80. The fraction of sp³-hybridized carbons (Fsp3) is 0.556. The first-order valence-corrected chi connectivity index (χ1v) is 8.00. The highest BCUT2D eigenvalue weighted by Crippen LogP contribution is 2.20. The average Bonchev–Trinajstić information content (AvgIpc) is 2.44. The van der Waals surface area contributed by atoms with Crippen LogP contribution in [0.15, 0.2) is 24.3 Å². The molecule has 0 saturated heterocycles. The quantitative estimate of drug-likeness (QED) is 0.708. The molecule has 0 spiro atoms. The van der Waals surface area contributed by atoms with Crippen LogP contribution >= 0.6 is 0 Å². The summed E-state index contributed by atoms with van der Waals surface area (Å²) in [4.78, 5) is 22.7. The molecule has 0 heterocycles. The molecule has 2 atom stereocenters. The van der Waals surface area contributed by atoms with Crippen molar-refractivity contribution in [3.8, 4) is 0 Å². The van der Waals surface area contributed by atoms with Crippen LogP contribution in [0, 0.1) is 0 Å². The van der Waals surface area contributed by atoms with E-state index in [4.69, 9.17) is 4.74 Å². The molecule has 0 aliphatic heterocycles. The maximum atomic E-state index is 11.5. The monoisotopic (exact) mass is 337 g/mol. The van der Waals surface area contributed by atoms with Gasteiger partial charge in [0.1, 0.15) is 17.5 Å². The number of rotatable bonds is 7. The molecule has 2 unspecified atom stereocenters. The fourth-order valence-electron chi connectivity index (χ4n) is 2.19. The van der Waals surface area contributed by atoms with E-state index in [-0.39, 0.29) is 25.2 Å². The lowest BCUT2D eigenvalue weighted by atomic mass is 9.98. The molecule has 0 saturated carbocycles. The summed E-state index contributed by atoms with van der Waals surface area (Å²) in [6, 6.07) is 6.94. The van der Waals surface area contributed by atoms with Gasteiger partial charge in [-0.15, -0.1) is 0 Å². The van der Waals surface area contributed by atoms with Gasteiger partial charge < -0.3 is 20.3 Å². The van der Waals surface area contributed by atoms with Gasteiger partial charge in [0.15, 0.2) is 0 Å². The van der Waals surface area contributed by atoms with Crippen LogP contribution in [0.2, 0.25) is 0 Å². The van der Waals surface area contributed by atoms with Crippen LogP contribution in [0.3, 0.4) is 0 Å². The summed E-state index contributed by atoms with van der Waals surface area (Å²) >= 11 is 0. The highest BCUT2D eigenvalue weighted by Gasteiger charge is 2.20.